The molecule has 88 valence electrons. The van der Waals surface area contributed by atoms with E-state index in [2.05, 4.69) is 0 Å². The molecule has 0 aliphatic carbocycles. The normalized spacial score (nSPS) is 12.0. The fourth-order valence-corrected chi connectivity index (χ4v) is 1.09. The van der Waals surface area contributed by atoms with Gasteiger partial charge < -0.3 is 14.9 Å². The first-order chi connectivity index (χ1) is 6.90. The molecular formula is C10H20N2O3. The average Bonchev–Trinajstić information content (AvgIpc) is 2.22. The summed E-state index contributed by atoms with van der Waals surface area (Å²) in [4.78, 5) is 25.1. The maximum absolute atomic E-state index is 11.7. The van der Waals surface area contributed by atoms with Gasteiger partial charge in [-0.3, -0.25) is 4.79 Å². The molecule has 0 aromatic carbocycles. The third-order valence-corrected chi connectivity index (χ3v) is 2.54. The fraction of sp³-hybridized carbons (Fsp3) is 0.800. The first-order valence-electron chi connectivity index (χ1n) is 5.09. The maximum atomic E-state index is 11.7. The van der Waals surface area contributed by atoms with E-state index in [9.17, 15) is 9.59 Å². The van der Waals surface area contributed by atoms with Crippen LogP contribution in [0, 0.1) is 0 Å². The van der Waals surface area contributed by atoms with E-state index >= 15 is 0 Å². The molecule has 2 amide bonds. The summed E-state index contributed by atoms with van der Waals surface area (Å²) in [6.45, 7) is 4.21. The smallest absolute Gasteiger partial charge is 0.319 e. The SMILES string of the molecule is CCC(C)N(C)C(=O)N(C)CCC(=O)O. The number of urea groups is 1. The van der Waals surface area contributed by atoms with E-state index in [0.29, 0.717) is 0 Å². The Morgan fingerprint density at radius 1 is 1.33 bits per heavy atom. The van der Waals surface area contributed by atoms with Crippen LogP contribution >= 0.6 is 0 Å². The van der Waals surface area contributed by atoms with Crippen molar-refractivity contribution in [1.82, 2.24) is 9.80 Å². The van der Waals surface area contributed by atoms with Crippen LogP contribution in [0.2, 0.25) is 0 Å². The summed E-state index contributed by atoms with van der Waals surface area (Å²) in [5.74, 6) is -0.888. The van der Waals surface area contributed by atoms with Crippen molar-refractivity contribution in [3.8, 4) is 0 Å². The molecule has 1 N–H and O–H groups in total. The highest BCUT2D eigenvalue weighted by molar-refractivity contribution is 5.75. The first kappa shape index (κ1) is 13.7. The largest absolute Gasteiger partial charge is 0.481 e. The Hall–Kier alpha value is -1.26. The fourth-order valence-electron chi connectivity index (χ4n) is 1.09. The van der Waals surface area contributed by atoms with Gasteiger partial charge in [-0.1, -0.05) is 6.92 Å². The molecule has 0 radical (unpaired) electrons. The standard InChI is InChI=1S/C10H20N2O3/c1-5-8(2)12(4)10(15)11(3)7-6-9(13)14/h8H,5-7H2,1-4H3,(H,13,14). The average molecular weight is 216 g/mol. The first-order valence-corrected chi connectivity index (χ1v) is 5.09. The molecular weight excluding hydrogens is 196 g/mol. The van der Waals surface area contributed by atoms with Crippen LogP contribution in [0.1, 0.15) is 26.7 Å². The zero-order chi connectivity index (χ0) is 12.0. The number of carbonyl (C=O) groups is 2. The van der Waals surface area contributed by atoms with Crippen LogP contribution < -0.4 is 0 Å². The minimum absolute atomic E-state index is 0.0173. The monoisotopic (exact) mass is 216 g/mol. The Bertz CT molecular complexity index is 231. The van der Waals surface area contributed by atoms with Crippen LogP contribution in [0.3, 0.4) is 0 Å². The molecule has 0 fully saturated rings. The van der Waals surface area contributed by atoms with Crippen molar-refractivity contribution < 1.29 is 14.7 Å². The van der Waals surface area contributed by atoms with E-state index in [1.807, 2.05) is 13.8 Å². The lowest BCUT2D eigenvalue weighted by Gasteiger charge is -2.28. The molecule has 1 unspecified atom stereocenters. The quantitative estimate of drug-likeness (QED) is 0.752. The summed E-state index contributed by atoms with van der Waals surface area (Å²) in [7, 11) is 3.35. The summed E-state index contributed by atoms with van der Waals surface area (Å²) >= 11 is 0. The Kier molecular flexibility index (Phi) is 5.74. The van der Waals surface area contributed by atoms with Crippen molar-refractivity contribution in [3.63, 3.8) is 0 Å². The van der Waals surface area contributed by atoms with E-state index in [-0.39, 0.29) is 25.0 Å². The van der Waals surface area contributed by atoms with Gasteiger partial charge in [0.05, 0.1) is 6.42 Å². The number of carboxylic acids is 1. The molecule has 0 aromatic rings. The Balaban J connectivity index is 4.13. The van der Waals surface area contributed by atoms with E-state index in [1.165, 1.54) is 4.90 Å². The number of rotatable bonds is 5. The molecule has 0 heterocycles. The molecule has 0 aliphatic rings. The predicted molar refractivity (Wildman–Crippen MR) is 57.8 cm³/mol. The van der Waals surface area contributed by atoms with Crippen LogP contribution in [0.5, 0.6) is 0 Å². The van der Waals surface area contributed by atoms with Crippen LogP contribution in [-0.2, 0) is 4.79 Å². The molecule has 5 heteroatoms. The Labute approximate surface area is 90.7 Å². The molecule has 0 saturated heterocycles. The Morgan fingerprint density at radius 3 is 2.27 bits per heavy atom. The van der Waals surface area contributed by atoms with E-state index in [0.717, 1.165) is 6.42 Å². The molecule has 5 nitrogen and oxygen atoms in total. The molecule has 1 atom stereocenters. The zero-order valence-electron chi connectivity index (χ0n) is 9.86. The molecule has 0 spiro atoms. The van der Waals surface area contributed by atoms with Gasteiger partial charge in [0.25, 0.3) is 0 Å². The number of nitrogens with zero attached hydrogens (tertiary/aromatic N) is 2. The van der Waals surface area contributed by atoms with Crippen LogP contribution in [0.15, 0.2) is 0 Å². The third kappa shape index (κ3) is 4.67. The van der Waals surface area contributed by atoms with Crippen molar-refractivity contribution in [1.29, 1.82) is 0 Å². The number of hydrogen-bond donors (Lipinski definition) is 1. The Morgan fingerprint density at radius 2 is 1.87 bits per heavy atom. The molecule has 0 aromatic heterocycles. The summed E-state index contributed by atoms with van der Waals surface area (Å²) in [6, 6.07) is 0.0374. The molecule has 0 rings (SSSR count). The minimum Gasteiger partial charge on any atom is -0.481 e. The second-order valence-corrected chi connectivity index (χ2v) is 3.72. The van der Waals surface area contributed by atoms with Crippen molar-refractivity contribution >= 4 is 12.0 Å². The van der Waals surface area contributed by atoms with Gasteiger partial charge in [-0.15, -0.1) is 0 Å². The van der Waals surface area contributed by atoms with E-state index in [4.69, 9.17) is 5.11 Å². The topological polar surface area (TPSA) is 60.9 Å². The summed E-state index contributed by atoms with van der Waals surface area (Å²) in [5, 5.41) is 8.49. The highest BCUT2D eigenvalue weighted by Gasteiger charge is 2.18. The maximum Gasteiger partial charge on any atom is 0.319 e. The van der Waals surface area contributed by atoms with Gasteiger partial charge in [0, 0.05) is 26.7 Å². The van der Waals surface area contributed by atoms with Gasteiger partial charge >= 0.3 is 12.0 Å². The molecule has 0 saturated carbocycles. The van der Waals surface area contributed by atoms with Crippen molar-refractivity contribution in [2.75, 3.05) is 20.6 Å². The van der Waals surface area contributed by atoms with Crippen molar-refractivity contribution in [2.24, 2.45) is 0 Å². The lowest BCUT2D eigenvalue weighted by Crippen LogP contribution is -2.43. The van der Waals surface area contributed by atoms with Gasteiger partial charge in [0.2, 0.25) is 0 Å². The number of aliphatic carboxylic acids is 1. The molecule has 0 bridgehead atoms. The number of hydrogen-bond acceptors (Lipinski definition) is 2. The second kappa shape index (κ2) is 6.27. The minimum atomic E-state index is -0.888. The predicted octanol–water partition coefficient (Wildman–Crippen LogP) is 1.24. The summed E-state index contributed by atoms with van der Waals surface area (Å²) < 4.78 is 0. The zero-order valence-corrected chi connectivity index (χ0v) is 9.86. The summed E-state index contributed by atoms with van der Waals surface area (Å²) in [5.41, 5.74) is 0. The molecule has 0 aliphatic heterocycles. The van der Waals surface area contributed by atoms with Crippen LogP contribution in [0.25, 0.3) is 0 Å². The van der Waals surface area contributed by atoms with Gasteiger partial charge in [0.1, 0.15) is 0 Å². The van der Waals surface area contributed by atoms with Gasteiger partial charge in [-0.25, -0.2) is 4.79 Å². The summed E-state index contributed by atoms with van der Waals surface area (Å²) in [6.07, 6.45) is 0.867. The number of carbonyl (C=O) groups excluding carboxylic acids is 1. The number of carboxylic acid groups (broad SMARTS) is 1. The van der Waals surface area contributed by atoms with Crippen molar-refractivity contribution in [2.45, 2.75) is 32.7 Å². The van der Waals surface area contributed by atoms with Gasteiger partial charge in [-0.2, -0.15) is 0 Å². The highest BCUT2D eigenvalue weighted by atomic mass is 16.4. The lowest BCUT2D eigenvalue weighted by atomic mass is 10.2. The van der Waals surface area contributed by atoms with E-state index < -0.39 is 5.97 Å². The lowest BCUT2D eigenvalue weighted by molar-refractivity contribution is -0.137. The van der Waals surface area contributed by atoms with Crippen molar-refractivity contribution in [3.05, 3.63) is 0 Å². The van der Waals surface area contributed by atoms with Gasteiger partial charge in [-0.05, 0) is 13.3 Å². The van der Waals surface area contributed by atoms with Crippen LogP contribution in [0.4, 0.5) is 4.79 Å². The number of amides is 2. The van der Waals surface area contributed by atoms with E-state index in [1.54, 1.807) is 19.0 Å². The van der Waals surface area contributed by atoms with Crippen LogP contribution in [-0.4, -0.2) is 53.6 Å². The third-order valence-electron chi connectivity index (χ3n) is 2.54. The van der Waals surface area contributed by atoms with Gasteiger partial charge in [0.15, 0.2) is 0 Å². The molecule has 15 heavy (non-hydrogen) atoms. The second-order valence-electron chi connectivity index (χ2n) is 3.72. The highest BCUT2D eigenvalue weighted by Crippen LogP contribution is 2.04.